The minimum absolute atomic E-state index is 0.162. The average Bonchev–Trinajstić information content (AvgIpc) is 3.23. The van der Waals surface area contributed by atoms with Crippen LogP contribution in [0.5, 0.6) is 5.75 Å². The summed E-state index contributed by atoms with van der Waals surface area (Å²) >= 11 is 0. The molecule has 0 radical (unpaired) electrons. The highest BCUT2D eigenvalue weighted by atomic mass is 19.1. The number of hydrogen-bond acceptors (Lipinski definition) is 7. The third kappa shape index (κ3) is 3.89. The summed E-state index contributed by atoms with van der Waals surface area (Å²) < 4.78 is 47.8. The molecule has 10 nitrogen and oxygen atoms in total. The van der Waals surface area contributed by atoms with E-state index < -0.39 is 69.8 Å². The quantitative estimate of drug-likeness (QED) is 0.640. The molecule has 3 aliphatic rings. The third-order valence-electron chi connectivity index (χ3n) is 7.30. The van der Waals surface area contributed by atoms with Gasteiger partial charge in [0.2, 0.25) is 11.3 Å². The summed E-state index contributed by atoms with van der Waals surface area (Å²) in [6.45, 7) is 1.32. The van der Waals surface area contributed by atoms with E-state index in [0.29, 0.717) is 30.9 Å². The second-order valence-electron chi connectivity index (χ2n) is 9.39. The molecule has 0 saturated carbocycles. The highest BCUT2D eigenvalue weighted by molar-refractivity contribution is 5.99. The fourth-order valence-corrected chi connectivity index (χ4v) is 5.20. The maximum atomic E-state index is 14.0. The largest absolute Gasteiger partial charge is 0.503 e. The molecule has 2 amide bonds. The van der Waals surface area contributed by atoms with Crippen LogP contribution < -0.4 is 10.7 Å². The number of amides is 2. The molecule has 37 heavy (non-hydrogen) atoms. The van der Waals surface area contributed by atoms with Crippen LogP contribution in [0.2, 0.25) is 0 Å². The number of aromatic hydroxyl groups is 1. The lowest BCUT2D eigenvalue weighted by molar-refractivity contribution is -0.0655. The number of fused-ring (bicyclic) bond motifs is 5. The smallest absolute Gasteiger partial charge is 0.274 e. The first-order chi connectivity index (χ1) is 17.6. The highest BCUT2D eigenvalue weighted by Gasteiger charge is 2.54. The molecule has 2 N–H and O–H groups in total. The number of ether oxygens (including phenoxy) is 1. The summed E-state index contributed by atoms with van der Waals surface area (Å²) in [5.41, 5.74) is -3.55. The maximum absolute atomic E-state index is 14.0. The second kappa shape index (κ2) is 8.82. The number of rotatable bonds is 3. The first-order valence-electron chi connectivity index (χ1n) is 11.6. The third-order valence-corrected chi connectivity index (χ3v) is 7.30. The fraction of sp³-hybridized carbons (Fsp3) is 0.417. The van der Waals surface area contributed by atoms with Crippen LogP contribution in [0.1, 0.15) is 58.6 Å². The second-order valence-corrected chi connectivity index (χ2v) is 9.39. The number of hydrogen-bond donors (Lipinski definition) is 2. The van der Waals surface area contributed by atoms with Crippen molar-refractivity contribution in [3.63, 3.8) is 0 Å². The number of halogens is 3. The summed E-state index contributed by atoms with van der Waals surface area (Å²) in [4.78, 5) is 46.5. The van der Waals surface area contributed by atoms with Gasteiger partial charge in [0.25, 0.3) is 11.8 Å². The molecule has 2 bridgehead atoms. The fourth-order valence-electron chi connectivity index (χ4n) is 5.20. The molecule has 13 heteroatoms. The highest BCUT2D eigenvalue weighted by Crippen LogP contribution is 2.46. The van der Waals surface area contributed by atoms with Crippen molar-refractivity contribution in [2.24, 2.45) is 5.16 Å². The zero-order chi connectivity index (χ0) is 26.6. The van der Waals surface area contributed by atoms with E-state index in [1.54, 1.807) is 4.90 Å². The number of pyridine rings is 1. The van der Waals surface area contributed by atoms with Crippen LogP contribution in [-0.2, 0) is 16.1 Å². The van der Waals surface area contributed by atoms with E-state index in [1.807, 2.05) is 6.92 Å². The zero-order valence-electron chi connectivity index (χ0n) is 19.9. The molecule has 2 aromatic rings. The summed E-state index contributed by atoms with van der Waals surface area (Å²) in [5, 5.41) is 17.0. The first-order valence-corrected chi connectivity index (χ1v) is 11.6. The molecule has 0 aliphatic carbocycles. The minimum atomic E-state index is -1.21. The molecule has 0 unspecified atom stereocenters. The van der Waals surface area contributed by atoms with Gasteiger partial charge in [0.15, 0.2) is 17.0 Å². The Bertz CT molecular complexity index is 1390. The van der Waals surface area contributed by atoms with Gasteiger partial charge < -0.3 is 29.5 Å². The van der Waals surface area contributed by atoms with Gasteiger partial charge in [0.05, 0.1) is 19.6 Å². The molecule has 1 spiro atoms. The number of aromatic nitrogens is 1. The van der Waals surface area contributed by atoms with E-state index in [1.165, 1.54) is 11.7 Å². The lowest BCUT2D eigenvalue weighted by atomic mass is 9.85. The van der Waals surface area contributed by atoms with Crippen LogP contribution >= 0.6 is 0 Å². The lowest BCUT2D eigenvalue weighted by Crippen LogP contribution is -2.52. The molecule has 3 atom stereocenters. The van der Waals surface area contributed by atoms with Gasteiger partial charge in [-0.25, -0.2) is 13.2 Å². The Balaban J connectivity index is 1.55. The molecule has 1 saturated heterocycles. The lowest BCUT2D eigenvalue weighted by Gasteiger charge is -2.41. The van der Waals surface area contributed by atoms with E-state index in [0.717, 1.165) is 6.20 Å². The van der Waals surface area contributed by atoms with Gasteiger partial charge in [0.1, 0.15) is 23.0 Å². The van der Waals surface area contributed by atoms with Crippen LogP contribution in [0.15, 0.2) is 28.3 Å². The Kier molecular flexibility index (Phi) is 5.88. The van der Waals surface area contributed by atoms with Crippen LogP contribution in [0.25, 0.3) is 0 Å². The van der Waals surface area contributed by atoms with Crippen molar-refractivity contribution in [1.82, 2.24) is 14.8 Å². The zero-order valence-corrected chi connectivity index (χ0v) is 19.9. The van der Waals surface area contributed by atoms with E-state index in [-0.39, 0.29) is 24.7 Å². The Morgan fingerprint density at radius 2 is 2.00 bits per heavy atom. The standard InChI is InChI=1S/C24H23F3N4O6/c1-11-3-4-24(7-18(36-2)29-37-24)17-10-30(11)23(35)19-21(33)20(32)14(9-31(17)19)22(34)28-8-13-15(26)5-12(25)6-16(13)27/h5-6,9,11,17,33H,3-4,7-8,10H2,1-2H3,(H,28,34)/t11-,17+,24-/m0/s1. The predicted octanol–water partition coefficient (Wildman–Crippen LogP) is 2.20. The van der Waals surface area contributed by atoms with Gasteiger partial charge in [-0.15, -0.1) is 0 Å². The van der Waals surface area contributed by atoms with Crippen LogP contribution in [-0.4, -0.2) is 57.6 Å². The SMILES string of the molecule is COC1=NO[C@@]2(CC[C@H](C)N3C[C@H]2n2cc(C(=O)NCc4c(F)cc(F)cc4F)c(=O)c(O)c2C3=O)C1. The molecular weight excluding hydrogens is 497 g/mol. The number of nitrogens with zero attached hydrogens (tertiary/aromatic N) is 3. The predicted molar refractivity (Wildman–Crippen MR) is 121 cm³/mol. The van der Waals surface area contributed by atoms with Crippen molar-refractivity contribution in [2.75, 3.05) is 13.7 Å². The monoisotopic (exact) mass is 520 g/mol. The number of methoxy groups -OCH3 is 1. The van der Waals surface area contributed by atoms with Crippen molar-refractivity contribution in [2.45, 2.75) is 50.4 Å². The van der Waals surface area contributed by atoms with Crippen molar-refractivity contribution >= 4 is 17.7 Å². The van der Waals surface area contributed by atoms with E-state index >= 15 is 0 Å². The van der Waals surface area contributed by atoms with Gasteiger partial charge in [-0.3, -0.25) is 14.4 Å². The van der Waals surface area contributed by atoms with Gasteiger partial charge in [-0.1, -0.05) is 5.16 Å². The molecule has 4 heterocycles. The Morgan fingerprint density at radius 1 is 1.30 bits per heavy atom. The molecule has 1 aromatic heterocycles. The Labute approximate surface area is 208 Å². The average molecular weight is 520 g/mol. The normalized spacial score (nSPS) is 24.3. The Hall–Kier alpha value is -4.03. The van der Waals surface area contributed by atoms with Crippen LogP contribution in [0.4, 0.5) is 13.2 Å². The molecule has 1 fully saturated rings. The number of carbonyl (C=O) groups is 2. The van der Waals surface area contributed by atoms with E-state index in [9.17, 15) is 32.7 Å². The van der Waals surface area contributed by atoms with Crippen molar-refractivity contribution in [3.8, 4) is 5.75 Å². The van der Waals surface area contributed by atoms with Crippen LogP contribution in [0.3, 0.4) is 0 Å². The van der Waals surface area contributed by atoms with E-state index in [2.05, 4.69) is 10.5 Å². The van der Waals surface area contributed by atoms with Gasteiger partial charge >= 0.3 is 0 Å². The number of oxime groups is 1. The van der Waals surface area contributed by atoms with Gasteiger partial charge in [-0.2, -0.15) is 0 Å². The molecule has 1 aromatic carbocycles. The van der Waals surface area contributed by atoms with Crippen molar-refractivity contribution in [3.05, 3.63) is 62.8 Å². The van der Waals surface area contributed by atoms with Gasteiger partial charge in [0, 0.05) is 43.0 Å². The van der Waals surface area contributed by atoms with Crippen LogP contribution in [0, 0.1) is 17.5 Å². The molecule has 3 aliphatic heterocycles. The molecule has 5 rings (SSSR count). The summed E-state index contributed by atoms with van der Waals surface area (Å²) in [7, 11) is 1.45. The number of nitrogens with one attached hydrogen (secondary N) is 1. The molecular formula is C24H23F3N4O6. The number of carbonyl (C=O) groups excluding carboxylic acids is 2. The summed E-state index contributed by atoms with van der Waals surface area (Å²) in [6.07, 6.45) is 2.42. The summed E-state index contributed by atoms with van der Waals surface area (Å²) in [6, 6.07) is 0.0562. The van der Waals surface area contributed by atoms with Crippen molar-refractivity contribution in [1.29, 1.82) is 0 Å². The molecule has 196 valence electrons. The minimum Gasteiger partial charge on any atom is -0.503 e. The van der Waals surface area contributed by atoms with E-state index in [4.69, 9.17) is 9.57 Å². The van der Waals surface area contributed by atoms with Gasteiger partial charge in [-0.05, 0) is 19.8 Å². The first kappa shape index (κ1) is 24.7. The topological polar surface area (TPSA) is 122 Å². The Morgan fingerprint density at radius 3 is 2.65 bits per heavy atom. The summed E-state index contributed by atoms with van der Waals surface area (Å²) in [5.74, 6) is -5.77. The maximum Gasteiger partial charge on any atom is 0.274 e. The van der Waals surface area contributed by atoms with Crippen molar-refractivity contribution < 1.29 is 37.4 Å². The number of benzene rings is 1.